The molecule has 2 rings (SSSR count). The lowest BCUT2D eigenvalue weighted by Crippen LogP contribution is -2.40. The molecule has 1 aromatic carbocycles. The lowest BCUT2D eigenvalue weighted by Gasteiger charge is -2.35. The van der Waals surface area contributed by atoms with Crippen molar-refractivity contribution in [1.82, 2.24) is 5.06 Å². The van der Waals surface area contributed by atoms with Gasteiger partial charge in [0.05, 0.1) is 6.61 Å². The molecule has 0 N–H and O–H groups in total. The van der Waals surface area contributed by atoms with Crippen LogP contribution < -0.4 is 0 Å². The van der Waals surface area contributed by atoms with Crippen LogP contribution in [0.3, 0.4) is 0 Å². The number of hydroxylamine groups is 2. The van der Waals surface area contributed by atoms with Crippen LogP contribution >= 0.6 is 0 Å². The summed E-state index contributed by atoms with van der Waals surface area (Å²) in [6.07, 6.45) is 5.15. The number of hydrogen-bond donors (Lipinski definition) is 0. The summed E-state index contributed by atoms with van der Waals surface area (Å²) < 4.78 is 0. The van der Waals surface area contributed by atoms with Crippen LogP contribution in [0.25, 0.3) is 0 Å². The largest absolute Gasteiger partial charge is 0.294 e. The minimum atomic E-state index is 0.613. The Morgan fingerprint density at radius 1 is 1.22 bits per heavy atom. The molecule has 0 saturated carbocycles. The molecule has 1 atom stereocenters. The van der Waals surface area contributed by atoms with Gasteiger partial charge in [-0.15, -0.1) is 0 Å². The van der Waals surface area contributed by atoms with E-state index in [4.69, 9.17) is 4.84 Å². The molecule has 1 aliphatic rings. The Labute approximate surface area is 111 Å². The first-order valence-corrected chi connectivity index (χ1v) is 7.19. The molecule has 1 saturated heterocycles. The van der Waals surface area contributed by atoms with Crippen molar-refractivity contribution in [1.29, 1.82) is 0 Å². The fourth-order valence-electron chi connectivity index (χ4n) is 2.66. The van der Waals surface area contributed by atoms with Crippen molar-refractivity contribution in [3.05, 3.63) is 35.9 Å². The number of hydrogen-bond acceptors (Lipinski definition) is 2. The lowest BCUT2D eigenvalue weighted by molar-refractivity contribution is -0.210. The highest BCUT2D eigenvalue weighted by atomic mass is 16.7. The average Bonchev–Trinajstić information content (AvgIpc) is 2.38. The van der Waals surface area contributed by atoms with Crippen LogP contribution in [0.2, 0.25) is 0 Å². The minimum Gasteiger partial charge on any atom is -0.294 e. The van der Waals surface area contributed by atoms with Gasteiger partial charge in [-0.3, -0.25) is 4.84 Å². The van der Waals surface area contributed by atoms with E-state index in [0.717, 1.165) is 12.5 Å². The fraction of sp³-hybridized carbons (Fsp3) is 0.625. The molecule has 0 amide bonds. The quantitative estimate of drug-likeness (QED) is 0.779. The van der Waals surface area contributed by atoms with Crippen LogP contribution in [0.15, 0.2) is 30.3 Å². The van der Waals surface area contributed by atoms with Crippen molar-refractivity contribution >= 4 is 0 Å². The average molecular weight is 247 g/mol. The molecule has 0 aliphatic carbocycles. The van der Waals surface area contributed by atoms with E-state index < -0.39 is 0 Å². The van der Waals surface area contributed by atoms with E-state index in [1.165, 1.54) is 31.2 Å². The predicted octanol–water partition coefficient (Wildman–Crippen LogP) is 4.02. The summed E-state index contributed by atoms with van der Waals surface area (Å²) in [5.41, 5.74) is 1.26. The lowest BCUT2D eigenvalue weighted by atomic mass is 9.96. The highest BCUT2D eigenvalue weighted by Crippen LogP contribution is 2.23. The summed E-state index contributed by atoms with van der Waals surface area (Å²) in [6, 6.07) is 11.1. The first kappa shape index (κ1) is 13.6. The topological polar surface area (TPSA) is 12.5 Å². The van der Waals surface area contributed by atoms with Crippen LogP contribution in [0, 0.1) is 5.92 Å². The van der Waals surface area contributed by atoms with Gasteiger partial charge in [-0.05, 0) is 30.7 Å². The molecule has 0 radical (unpaired) electrons. The second kappa shape index (κ2) is 6.91. The molecule has 0 bridgehead atoms. The smallest absolute Gasteiger partial charge is 0.0936 e. The Kier molecular flexibility index (Phi) is 5.21. The molecule has 0 spiro atoms. The molecular formula is C16H25NO. The van der Waals surface area contributed by atoms with Gasteiger partial charge < -0.3 is 0 Å². The molecule has 2 nitrogen and oxygen atoms in total. The maximum atomic E-state index is 6.02. The van der Waals surface area contributed by atoms with Gasteiger partial charge in [-0.2, -0.15) is 5.06 Å². The van der Waals surface area contributed by atoms with Crippen LogP contribution in [0.5, 0.6) is 0 Å². The molecule has 1 unspecified atom stereocenters. The first-order valence-electron chi connectivity index (χ1n) is 7.19. The van der Waals surface area contributed by atoms with Gasteiger partial charge in [0.1, 0.15) is 0 Å². The Bertz CT molecular complexity index is 336. The zero-order valence-electron chi connectivity index (χ0n) is 11.6. The van der Waals surface area contributed by atoms with E-state index >= 15 is 0 Å². The van der Waals surface area contributed by atoms with Gasteiger partial charge in [0.15, 0.2) is 0 Å². The third kappa shape index (κ3) is 4.11. The standard InChI is InChI=1S/C16H25NO/c1-14(2)12-16-10-6-7-11-17(16)18-13-15-8-4-3-5-9-15/h3-5,8-9,14,16H,6-7,10-13H2,1-2H3. The van der Waals surface area contributed by atoms with Gasteiger partial charge in [0.2, 0.25) is 0 Å². The van der Waals surface area contributed by atoms with Crippen molar-refractivity contribution in [2.24, 2.45) is 5.92 Å². The maximum absolute atomic E-state index is 6.02. The Balaban J connectivity index is 1.85. The van der Waals surface area contributed by atoms with E-state index in [2.05, 4.69) is 43.2 Å². The number of piperidine rings is 1. The predicted molar refractivity (Wildman–Crippen MR) is 75.0 cm³/mol. The van der Waals surface area contributed by atoms with Crippen LogP contribution in [0.1, 0.15) is 45.1 Å². The van der Waals surface area contributed by atoms with Gasteiger partial charge in [0, 0.05) is 12.6 Å². The Morgan fingerprint density at radius 2 is 2.00 bits per heavy atom. The van der Waals surface area contributed by atoms with E-state index in [1.807, 2.05) is 6.07 Å². The van der Waals surface area contributed by atoms with Gasteiger partial charge in [0.25, 0.3) is 0 Å². The number of nitrogens with zero attached hydrogens (tertiary/aromatic N) is 1. The van der Waals surface area contributed by atoms with Crippen molar-refractivity contribution < 1.29 is 4.84 Å². The first-order chi connectivity index (χ1) is 8.75. The molecule has 1 fully saturated rings. The molecule has 18 heavy (non-hydrogen) atoms. The summed E-state index contributed by atoms with van der Waals surface area (Å²) in [7, 11) is 0. The zero-order valence-corrected chi connectivity index (χ0v) is 11.6. The summed E-state index contributed by atoms with van der Waals surface area (Å²) in [5, 5.41) is 2.23. The summed E-state index contributed by atoms with van der Waals surface area (Å²) in [4.78, 5) is 6.02. The van der Waals surface area contributed by atoms with E-state index in [-0.39, 0.29) is 0 Å². The number of benzene rings is 1. The molecule has 1 heterocycles. The van der Waals surface area contributed by atoms with E-state index in [9.17, 15) is 0 Å². The van der Waals surface area contributed by atoms with Crippen LogP contribution in [0.4, 0.5) is 0 Å². The molecule has 1 aliphatic heterocycles. The van der Waals surface area contributed by atoms with Crippen molar-refractivity contribution in [2.75, 3.05) is 6.54 Å². The summed E-state index contributed by atoms with van der Waals surface area (Å²) in [5.74, 6) is 0.746. The van der Waals surface area contributed by atoms with Crippen LogP contribution in [-0.2, 0) is 11.4 Å². The van der Waals surface area contributed by atoms with Gasteiger partial charge in [-0.25, -0.2) is 0 Å². The fourth-order valence-corrected chi connectivity index (χ4v) is 2.66. The SMILES string of the molecule is CC(C)CC1CCCCN1OCc1ccccc1. The Morgan fingerprint density at radius 3 is 2.72 bits per heavy atom. The van der Waals surface area contributed by atoms with Crippen molar-refractivity contribution in [2.45, 2.75) is 52.2 Å². The van der Waals surface area contributed by atoms with E-state index in [0.29, 0.717) is 12.6 Å². The second-order valence-electron chi connectivity index (χ2n) is 5.68. The monoisotopic (exact) mass is 247 g/mol. The highest BCUT2D eigenvalue weighted by molar-refractivity contribution is 5.13. The summed E-state index contributed by atoms with van der Waals surface area (Å²) >= 11 is 0. The third-order valence-corrected chi connectivity index (χ3v) is 3.56. The second-order valence-corrected chi connectivity index (χ2v) is 5.68. The summed E-state index contributed by atoms with van der Waals surface area (Å²) in [6.45, 7) is 6.38. The normalized spacial score (nSPS) is 21.4. The van der Waals surface area contributed by atoms with Crippen molar-refractivity contribution in [3.8, 4) is 0 Å². The molecule has 0 aromatic heterocycles. The molecule has 2 heteroatoms. The number of rotatable bonds is 5. The molecular weight excluding hydrogens is 222 g/mol. The van der Waals surface area contributed by atoms with Gasteiger partial charge >= 0.3 is 0 Å². The molecule has 1 aromatic rings. The minimum absolute atomic E-state index is 0.613. The third-order valence-electron chi connectivity index (χ3n) is 3.56. The Hall–Kier alpha value is -0.860. The van der Waals surface area contributed by atoms with E-state index in [1.54, 1.807) is 0 Å². The molecule has 100 valence electrons. The maximum Gasteiger partial charge on any atom is 0.0936 e. The van der Waals surface area contributed by atoms with Crippen LogP contribution in [-0.4, -0.2) is 17.6 Å². The zero-order chi connectivity index (χ0) is 12.8. The highest BCUT2D eigenvalue weighted by Gasteiger charge is 2.23. The van der Waals surface area contributed by atoms with Crippen molar-refractivity contribution in [3.63, 3.8) is 0 Å². The van der Waals surface area contributed by atoms with Gasteiger partial charge in [-0.1, -0.05) is 50.6 Å².